The highest BCUT2D eigenvalue weighted by molar-refractivity contribution is 5.70. The lowest BCUT2D eigenvalue weighted by molar-refractivity contribution is -0.147. The summed E-state index contributed by atoms with van der Waals surface area (Å²) in [5, 5.41) is 19.0. The van der Waals surface area contributed by atoms with Gasteiger partial charge in [-0.2, -0.15) is 0 Å². The third-order valence-corrected chi connectivity index (χ3v) is 3.71. The number of carboxylic acid groups (broad SMARTS) is 1. The fourth-order valence-corrected chi connectivity index (χ4v) is 2.52. The topological polar surface area (TPSA) is 57.5 Å². The van der Waals surface area contributed by atoms with E-state index in [1.165, 1.54) is 0 Å². The van der Waals surface area contributed by atoms with Crippen LogP contribution in [0.2, 0.25) is 0 Å². The van der Waals surface area contributed by atoms with Gasteiger partial charge in [-0.15, -0.1) is 0 Å². The number of hydrogen-bond acceptors (Lipinski definition) is 2. The smallest absolute Gasteiger partial charge is 0.309 e. The van der Waals surface area contributed by atoms with Gasteiger partial charge >= 0.3 is 5.97 Å². The van der Waals surface area contributed by atoms with Crippen LogP contribution < -0.4 is 0 Å². The number of aliphatic hydroxyl groups excluding tert-OH is 1. The third-order valence-electron chi connectivity index (χ3n) is 3.71. The second-order valence-electron chi connectivity index (χ2n) is 4.86. The van der Waals surface area contributed by atoms with Gasteiger partial charge in [0.1, 0.15) is 0 Å². The summed E-state index contributed by atoms with van der Waals surface area (Å²) >= 11 is 0. The largest absolute Gasteiger partial charge is 0.481 e. The van der Waals surface area contributed by atoms with Crippen molar-refractivity contribution in [1.82, 2.24) is 0 Å². The van der Waals surface area contributed by atoms with Gasteiger partial charge in [0.2, 0.25) is 0 Å². The van der Waals surface area contributed by atoms with Crippen molar-refractivity contribution in [2.24, 2.45) is 17.8 Å². The van der Waals surface area contributed by atoms with Crippen molar-refractivity contribution in [1.29, 1.82) is 0 Å². The molecule has 0 bridgehead atoms. The molecule has 0 aromatic carbocycles. The fourth-order valence-electron chi connectivity index (χ4n) is 2.52. The maximum Gasteiger partial charge on any atom is 0.309 e. The van der Waals surface area contributed by atoms with Crippen LogP contribution in [-0.2, 0) is 4.79 Å². The van der Waals surface area contributed by atoms with E-state index in [9.17, 15) is 9.90 Å². The fraction of sp³-hybridized carbons (Fsp3) is 0.917. The molecule has 1 fully saturated rings. The van der Waals surface area contributed by atoms with E-state index in [0.717, 1.165) is 31.6 Å². The molecule has 0 spiro atoms. The summed E-state index contributed by atoms with van der Waals surface area (Å²) in [5.74, 6) is -0.507. The van der Waals surface area contributed by atoms with E-state index < -0.39 is 18.0 Å². The molecular formula is C12H22O3. The predicted molar refractivity (Wildman–Crippen MR) is 58.5 cm³/mol. The van der Waals surface area contributed by atoms with Gasteiger partial charge in [-0.1, -0.05) is 26.7 Å². The summed E-state index contributed by atoms with van der Waals surface area (Å²) in [5.41, 5.74) is 0. The van der Waals surface area contributed by atoms with Crippen LogP contribution in [0.1, 0.15) is 46.0 Å². The Bertz CT molecular complexity index is 207. The monoisotopic (exact) mass is 214 g/mol. The van der Waals surface area contributed by atoms with Crippen LogP contribution in [0.3, 0.4) is 0 Å². The van der Waals surface area contributed by atoms with Crippen molar-refractivity contribution < 1.29 is 15.0 Å². The van der Waals surface area contributed by atoms with Crippen LogP contribution in [0.4, 0.5) is 0 Å². The second kappa shape index (κ2) is 5.50. The molecule has 0 radical (unpaired) electrons. The standard InChI is InChI=1S/C12H22O3/c1-3-10(12(14)15)11(13)9-6-4-8(2)5-7-9/h8-11,13H,3-7H2,1-2H3,(H,14,15). The van der Waals surface area contributed by atoms with E-state index in [4.69, 9.17) is 5.11 Å². The first kappa shape index (κ1) is 12.5. The number of aliphatic hydroxyl groups is 1. The highest BCUT2D eigenvalue weighted by atomic mass is 16.4. The Morgan fingerprint density at radius 1 is 1.33 bits per heavy atom. The molecule has 0 aromatic heterocycles. The second-order valence-corrected chi connectivity index (χ2v) is 4.86. The minimum atomic E-state index is -0.858. The lowest BCUT2D eigenvalue weighted by Gasteiger charge is -2.32. The summed E-state index contributed by atoms with van der Waals surface area (Å²) in [6.07, 6.45) is 4.07. The van der Waals surface area contributed by atoms with E-state index in [-0.39, 0.29) is 5.92 Å². The number of carboxylic acids is 1. The summed E-state index contributed by atoms with van der Waals surface area (Å²) in [7, 11) is 0. The summed E-state index contributed by atoms with van der Waals surface area (Å²) in [6, 6.07) is 0. The lowest BCUT2D eigenvalue weighted by atomic mass is 9.76. The lowest BCUT2D eigenvalue weighted by Crippen LogP contribution is -2.35. The SMILES string of the molecule is CCC(C(=O)O)C(O)C1CCC(C)CC1. The molecule has 0 heterocycles. The Labute approximate surface area is 91.5 Å². The predicted octanol–water partition coefficient (Wildman–Crippen LogP) is 2.28. The highest BCUT2D eigenvalue weighted by Crippen LogP contribution is 2.33. The van der Waals surface area contributed by atoms with Crippen molar-refractivity contribution in [3.05, 3.63) is 0 Å². The van der Waals surface area contributed by atoms with Crippen LogP contribution in [0.15, 0.2) is 0 Å². The maximum atomic E-state index is 10.9. The number of carbonyl (C=O) groups is 1. The molecule has 1 rings (SSSR count). The van der Waals surface area contributed by atoms with Gasteiger partial charge in [0, 0.05) is 0 Å². The van der Waals surface area contributed by atoms with Crippen LogP contribution in [-0.4, -0.2) is 22.3 Å². The Morgan fingerprint density at radius 3 is 2.27 bits per heavy atom. The van der Waals surface area contributed by atoms with Crippen LogP contribution in [0, 0.1) is 17.8 Å². The van der Waals surface area contributed by atoms with Gasteiger partial charge < -0.3 is 10.2 Å². The minimum Gasteiger partial charge on any atom is -0.481 e. The molecule has 0 saturated heterocycles. The van der Waals surface area contributed by atoms with Crippen molar-refractivity contribution in [3.8, 4) is 0 Å². The Hall–Kier alpha value is -0.570. The molecule has 0 aliphatic heterocycles. The zero-order valence-corrected chi connectivity index (χ0v) is 9.65. The van der Waals surface area contributed by atoms with E-state index >= 15 is 0 Å². The Balaban J connectivity index is 2.51. The third kappa shape index (κ3) is 3.20. The van der Waals surface area contributed by atoms with Gasteiger partial charge in [0.25, 0.3) is 0 Å². The number of hydrogen-bond donors (Lipinski definition) is 2. The average Bonchev–Trinajstić information content (AvgIpc) is 2.19. The van der Waals surface area contributed by atoms with E-state index in [1.807, 2.05) is 6.92 Å². The average molecular weight is 214 g/mol. The van der Waals surface area contributed by atoms with Gasteiger partial charge in [0.15, 0.2) is 0 Å². The highest BCUT2D eigenvalue weighted by Gasteiger charge is 2.33. The first-order valence-electron chi connectivity index (χ1n) is 5.97. The molecule has 3 nitrogen and oxygen atoms in total. The zero-order chi connectivity index (χ0) is 11.4. The van der Waals surface area contributed by atoms with Crippen LogP contribution in [0.25, 0.3) is 0 Å². The summed E-state index contributed by atoms with van der Waals surface area (Å²) in [6.45, 7) is 4.05. The van der Waals surface area contributed by atoms with Crippen molar-refractivity contribution in [2.75, 3.05) is 0 Å². The van der Waals surface area contributed by atoms with Crippen molar-refractivity contribution in [2.45, 2.75) is 52.1 Å². The molecule has 2 atom stereocenters. The van der Waals surface area contributed by atoms with Crippen molar-refractivity contribution in [3.63, 3.8) is 0 Å². The molecular weight excluding hydrogens is 192 g/mol. The van der Waals surface area contributed by atoms with Gasteiger partial charge in [-0.25, -0.2) is 0 Å². The minimum absolute atomic E-state index is 0.197. The molecule has 0 aromatic rings. The summed E-state index contributed by atoms with van der Waals surface area (Å²) in [4.78, 5) is 10.9. The molecule has 3 heteroatoms. The first-order chi connectivity index (χ1) is 7.06. The van der Waals surface area contributed by atoms with E-state index in [0.29, 0.717) is 6.42 Å². The Kier molecular flexibility index (Phi) is 4.58. The first-order valence-corrected chi connectivity index (χ1v) is 5.97. The number of rotatable bonds is 4. The molecule has 1 aliphatic carbocycles. The molecule has 88 valence electrons. The molecule has 2 unspecified atom stereocenters. The molecule has 2 N–H and O–H groups in total. The van der Waals surface area contributed by atoms with E-state index in [1.54, 1.807) is 0 Å². The van der Waals surface area contributed by atoms with E-state index in [2.05, 4.69) is 6.92 Å². The number of aliphatic carboxylic acids is 1. The van der Waals surface area contributed by atoms with Crippen molar-refractivity contribution >= 4 is 5.97 Å². The Morgan fingerprint density at radius 2 is 1.87 bits per heavy atom. The zero-order valence-electron chi connectivity index (χ0n) is 9.65. The van der Waals surface area contributed by atoms with Gasteiger partial charge in [-0.05, 0) is 31.1 Å². The normalized spacial score (nSPS) is 30.9. The van der Waals surface area contributed by atoms with Crippen LogP contribution in [0.5, 0.6) is 0 Å². The maximum absolute atomic E-state index is 10.9. The van der Waals surface area contributed by atoms with Crippen LogP contribution >= 0.6 is 0 Å². The molecule has 15 heavy (non-hydrogen) atoms. The van der Waals surface area contributed by atoms with Gasteiger partial charge in [0.05, 0.1) is 12.0 Å². The molecule has 1 aliphatic rings. The van der Waals surface area contributed by atoms with Gasteiger partial charge in [-0.3, -0.25) is 4.79 Å². The molecule has 1 saturated carbocycles. The quantitative estimate of drug-likeness (QED) is 0.755. The molecule has 0 amide bonds. The summed E-state index contributed by atoms with van der Waals surface area (Å²) < 4.78 is 0.